The number of aryl methyl sites for hydroxylation is 1. The van der Waals surface area contributed by atoms with Crippen LogP contribution in [0.5, 0.6) is 0 Å². The number of hydrogen-bond donors (Lipinski definition) is 0. The molecule has 1 aliphatic carbocycles. The van der Waals surface area contributed by atoms with Crippen molar-refractivity contribution in [1.82, 2.24) is 9.88 Å². The topological polar surface area (TPSA) is 19.4 Å². The molecule has 1 aliphatic heterocycles. The van der Waals surface area contributed by atoms with Gasteiger partial charge in [0.2, 0.25) is 0 Å². The van der Waals surface area contributed by atoms with Crippen LogP contribution >= 0.6 is 0 Å². The maximum absolute atomic E-state index is 4.22. The van der Waals surface area contributed by atoms with E-state index < -0.39 is 0 Å². The summed E-state index contributed by atoms with van der Waals surface area (Å²) in [7, 11) is 0. The Morgan fingerprint density at radius 2 is 1.84 bits per heavy atom. The molecule has 3 nitrogen and oxygen atoms in total. The molecule has 1 aromatic carbocycles. The molecule has 1 aromatic heterocycles. The Morgan fingerprint density at radius 3 is 2.52 bits per heavy atom. The summed E-state index contributed by atoms with van der Waals surface area (Å²) in [5.74, 6) is 0.747. The van der Waals surface area contributed by atoms with Crippen LogP contribution < -0.4 is 4.90 Å². The van der Waals surface area contributed by atoms with E-state index in [2.05, 4.69) is 64.4 Å². The molecular formula is C22H27N3. The second-order valence-electron chi connectivity index (χ2n) is 7.36. The van der Waals surface area contributed by atoms with Gasteiger partial charge in [0, 0.05) is 37.7 Å². The lowest BCUT2D eigenvalue weighted by molar-refractivity contribution is 0.205. The number of nitrogens with zero attached hydrogens (tertiary/aromatic N) is 3. The number of pyridine rings is 1. The van der Waals surface area contributed by atoms with Crippen molar-refractivity contribution in [1.29, 1.82) is 0 Å². The predicted molar refractivity (Wildman–Crippen MR) is 104 cm³/mol. The monoisotopic (exact) mass is 333 g/mol. The Labute approximate surface area is 151 Å². The summed E-state index contributed by atoms with van der Waals surface area (Å²) in [6.45, 7) is 4.34. The maximum atomic E-state index is 4.22. The molecule has 130 valence electrons. The molecule has 0 N–H and O–H groups in total. The summed E-state index contributed by atoms with van der Waals surface area (Å²) in [4.78, 5) is 9.07. The minimum atomic E-state index is 0.702. The Morgan fingerprint density at radius 1 is 0.960 bits per heavy atom. The molecule has 25 heavy (non-hydrogen) atoms. The largest absolute Gasteiger partial charge is 0.371 e. The van der Waals surface area contributed by atoms with Gasteiger partial charge in [0.05, 0.1) is 11.9 Å². The molecule has 0 unspecified atom stereocenters. The number of hydrogen-bond acceptors (Lipinski definition) is 3. The van der Waals surface area contributed by atoms with E-state index in [4.69, 9.17) is 0 Å². The summed E-state index contributed by atoms with van der Waals surface area (Å²) in [5, 5.41) is 0. The first-order valence-electron chi connectivity index (χ1n) is 9.47. The third-order valence-electron chi connectivity index (χ3n) is 5.69. The van der Waals surface area contributed by atoms with E-state index in [1.54, 1.807) is 0 Å². The lowest BCUT2D eigenvalue weighted by atomic mass is 9.81. The molecule has 3 heteroatoms. The van der Waals surface area contributed by atoms with Crippen molar-refractivity contribution < 1.29 is 0 Å². The number of anilines is 1. The molecule has 2 aliphatic rings. The molecule has 0 spiro atoms. The molecule has 0 saturated heterocycles. The normalized spacial score (nSPS) is 23.7. The predicted octanol–water partition coefficient (Wildman–Crippen LogP) is 4.71. The molecule has 0 amide bonds. The van der Waals surface area contributed by atoms with Crippen LogP contribution in [-0.4, -0.2) is 29.0 Å². The van der Waals surface area contributed by atoms with Gasteiger partial charge < -0.3 is 9.80 Å². The van der Waals surface area contributed by atoms with Crippen LogP contribution in [0, 0.1) is 6.92 Å². The number of rotatable bonds is 3. The molecular weight excluding hydrogens is 306 g/mol. The highest BCUT2D eigenvalue weighted by molar-refractivity contribution is 5.47. The molecule has 0 radical (unpaired) electrons. The Hall–Kier alpha value is -2.29. The van der Waals surface area contributed by atoms with E-state index >= 15 is 0 Å². The van der Waals surface area contributed by atoms with E-state index in [1.165, 1.54) is 42.5 Å². The third-order valence-corrected chi connectivity index (χ3v) is 5.69. The van der Waals surface area contributed by atoms with E-state index in [0.29, 0.717) is 6.04 Å². The van der Waals surface area contributed by atoms with Crippen molar-refractivity contribution in [3.05, 3.63) is 72.3 Å². The standard InChI is InChI=1S/C22H27N3/c1-18-4-2-5-20(16-18)19-7-9-21(10-8-19)24-12-14-25(15-13-24)22-6-3-11-23-17-22/h2-6,11-12,14,16-17,19,21H,7-10,13,15H2,1H3. The van der Waals surface area contributed by atoms with E-state index in [1.807, 2.05) is 18.5 Å². The van der Waals surface area contributed by atoms with Crippen molar-refractivity contribution in [3.8, 4) is 0 Å². The van der Waals surface area contributed by atoms with Crippen molar-refractivity contribution >= 4 is 5.69 Å². The van der Waals surface area contributed by atoms with Gasteiger partial charge in [0.15, 0.2) is 0 Å². The summed E-state index contributed by atoms with van der Waals surface area (Å²) in [6, 6.07) is 13.9. The fourth-order valence-corrected chi connectivity index (χ4v) is 4.25. The van der Waals surface area contributed by atoms with Crippen molar-refractivity contribution in [2.24, 2.45) is 0 Å². The van der Waals surface area contributed by atoms with Gasteiger partial charge in [-0.3, -0.25) is 4.98 Å². The lowest BCUT2D eigenvalue weighted by Crippen LogP contribution is -2.42. The van der Waals surface area contributed by atoms with E-state index in [-0.39, 0.29) is 0 Å². The molecule has 2 aromatic rings. The number of benzene rings is 1. The van der Waals surface area contributed by atoms with Gasteiger partial charge in [-0.05, 0) is 56.2 Å². The zero-order valence-electron chi connectivity index (χ0n) is 15.0. The first kappa shape index (κ1) is 16.2. The maximum Gasteiger partial charge on any atom is 0.0593 e. The van der Waals surface area contributed by atoms with E-state index in [0.717, 1.165) is 19.0 Å². The Bertz CT molecular complexity index is 717. The molecule has 2 heterocycles. The fourth-order valence-electron chi connectivity index (χ4n) is 4.25. The van der Waals surface area contributed by atoms with Crippen molar-refractivity contribution in [3.63, 3.8) is 0 Å². The summed E-state index contributed by atoms with van der Waals surface area (Å²) < 4.78 is 0. The van der Waals surface area contributed by atoms with Crippen LogP contribution in [0.4, 0.5) is 5.69 Å². The lowest BCUT2D eigenvalue weighted by Gasteiger charge is -2.40. The van der Waals surface area contributed by atoms with Crippen LogP contribution in [0.15, 0.2) is 61.2 Å². The zero-order valence-corrected chi connectivity index (χ0v) is 15.0. The van der Waals surface area contributed by atoms with Gasteiger partial charge in [0.1, 0.15) is 0 Å². The van der Waals surface area contributed by atoms with Crippen LogP contribution in [-0.2, 0) is 0 Å². The van der Waals surface area contributed by atoms with Crippen LogP contribution in [0.2, 0.25) is 0 Å². The minimum Gasteiger partial charge on any atom is -0.371 e. The highest BCUT2D eigenvalue weighted by Crippen LogP contribution is 2.35. The van der Waals surface area contributed by atoms with Crippen molar-refractivity contribution in [2.75, 3.05) is 18.0 Å². The van der Waals surface area contributed by atoms with Gasteiger partial charge in [-0.1, -0.05) is 29.8 Å². The van der Waals surface area contributed by atoms with Gasteiger partial charge in [-0.25, -0.2) is 0 Å². The highest BCUT2D eigenvalue weighted by Gasteiger charge is 2.26. The first-order valence-corrected chi connectivity index (χ1v) is 9.47. The molecule has 1 saturated carbocycles. The van der Waals surface area contributed by atoms with Gasteiger partial charge >= 0.3 is 0 Å². The van der Waals surface area contributed by atoms with Gasteiger partial charge in [0.25, 0.3) is 0 Å². The Balaban J connectivity index is 1.34. The quantitative estimate of drug-likeness (QED) is 0.811. The summed E-state index contributed by atoms with van der Waals surface area (Å²) >= 11 is 0. The third kappa shape index (κ3) is 3.71. The van der Waals surface area contributed by atoms with Gasteiger partial charge in [-0.2, -0.15) is 0 Å². The van der Waals surface area contributed by atoms with Crippen LogP contribution in [0.1, 0.15) is 42.7 Å². The summed E-state index contributed by atoms with van der Waals surface area (Å²) in [5.41, 5.74) is 4.10. The van der Waals surface area contributed by atoms with Crippen LogP contribution in [0.3, 0.4) is 0 Å². The van der Waals surface area contributed by atoms with E-state index in [9.17, 15) is 0 Å². The molecule has 1 fully saturated rings. The second-order valence-corrected chi connectivity index (χ2v) is 7.36. The van der Waals surface area contributed by atoms with Gasteiger partial charge in [-0.15, -0.1) is 0 Å². The first-order chi connectivity index (χ1) is 12.3. The van der Waals surface area contributed by atoms with Crippen LogP contribution in [0.25, 0.3) is 0 Å². The fraction of sp³-hybridized carbons (Fsp3) is 0.409. The average Bonchev–Trinajstić information content (AvgIpc) is 2.69. The molecule has 0 bridgehead atoms. The second kappa shape index (κ2) is 7.30. The molecule has 4 rings (SSSR count). The zero-order chi connectivity index (χ0) is 17.1. The minimum absolute atomic E-state index is 0.702. The molecule has 0 atom stereocenters. The average molecular weight is 333 g/mol. The highest BCUT2D eigenvalue weighted by atomic mass is 15.2. The smallest absolute Gasteiger partial charge is 0.0593 e. The Kier molecular flexibility index (Phi) is 4.73. The summed E-state index contributed by atoms with van der Waals surface area (Å²) in [6.07, 6.45) is 13.5. The SMILES string of the molecule is Cc1cccc(C2CCC(N3C=CN(c4cccnc4)CC3)CC2)c1. The van der Waals surface area contributed by atoms with Crippen molar-refractivity contribution in [2.45, 2.75) is 44.6 Å². The number of aromatic nitrogens is 1.